The van der Waals surface area contributed by atoms with Crippen molar-refractivity contribution in [3.8, 4) is 0 Å². The zero-order chi connectivity index (χ0) is 6.04. The lowest BCUT2D eigenvalue weighted by molar-refractivity contribution is -0.482. The van der Waals surface area contributed by atoms with Gasteiger partial charge in [-0.25, -0.2) is 0 Å². The first kappa shape index (κ1) is 6.05. The van der Waals surface area contributed by atoms with Gasteiger partial charge in [-0.05, 0) is 6.92 Å². The number of ether oxygens (including phenoxy) is 1. The second kappa shape index (κ2) is 2.03. The summed E-state index contributed by atoms with van der Waals surface area (Å²) in [6, 6.07) is 0. The van der Waals surface area contributed by atoms with Crippen molar-refractivity contribution in [3.63, 3.8) is 0 Å². The van der Waals surface area contributed by atoms with E-state index in [0.717, 1.165) is 26.1 Å². The summed E-state index contributed by atoms with van der Waals surface area (Å²) in [7, 11) is 0. The third kappa shape index (κ3) is 1.46. The van der Waals surface area contributed by atoms with E-state index in [2.05, 4.69) is 12.7 Å². The first-order valence-corrected chi connectivity index (χ1v) is 3.14. The molecule has 3 N–H and O–H groups in total. The van der Waals surface area contributed by atoms with Gasteiger partial charge in [-0.2, -0.15) is 0 Å². The summed E-state index contributed by atoms with van der Waals surface area (Å²) in [5, 5.41) is 0. The third-order valence-electron chi connectivity index (χ3n) is 1.70. The van der Waals surface area contributed by atoms with Crippen molar-refractivity contribution >= 4 is 0 Å². The average Bonchev–Trinajstić information content (AvgIpc) is 1.65. The van der Waals surface area contributed by atoms with E-state index in [-0.39, 0.29) is 0 Å². The van der Waals surface area contributed by atoms with E-state index >= 15 is 0 Å². The van der Waals surface area contributed by atoms with Crippen LogP contribution in [0.3, 0.4) is 0 Å². The van der Waals surface area contributed by atoms with Crippen LogP contribution in [0.5, 0.6) is 0 Å². The van der Waals surface area contributed by atoms with Gasteiger partial charge in [0.15, 0.2) is 0 Å². The Labute approximate surface area is 50.0 Å². The van der Waals surface area contributed by atoms with Crippen LogP contribution in [0.1, 0.15) is 19.8 Å². The molecule has 1 rings (SSSR count). The molecule has 2 nitrogen and oxygen atoms in total. The van der Waals surface area contributed by atoms with Gasteiger partial charge in [0.1, 0.15) is 0 Å². The lowest BCUT2D eigenvalue weighted by Crippen LogP contribution is -2.72. The smallest absolute Gasteiger partial charge is 0.0961 e. The fourth-order valence-corrected chi connectivity index (χ4v) is 0.864. The van der Waals surface area contributed by atoms with Crippen LogP contribution in [0.15, 0.2) is 0 Å². The molecule has 0 aromatic carbocycles. The Morgan fingerprint density at radius 1 is 1.38 bits per heavy atom. The maximum absolute atomic E-state index is 5.17. The van der Waals surface area contributed by atoms with Crippen molar-refractivity contribution in [2.45, 2.75) is 25.3 Å². The highest BCUT2D eigenvalue weighted by atomic mass is 16.5. The largest absolute Gasteiger partial charge is 0.381 e. The molecule has 0 aromatic rings. The van der Waals surface area contributed by atoms with Crippen molar-refractivity contribution in [1.29, 1.82) is 0 Å². The quantitative estimate of drug-likeness (QED) is 0.467. The van der Waals surface area contributed by atoms with Gasteiger partial charge in [0.2, 0.25) is 0 Å². The predicted octanol–water partition coefficient (Wildman–Crippen LogP) is -0.203. The van der Waals surface area contributed by atoms with E-state index in [1.54, 1.807) is 0 Å². The van der Waals surface area contributed by atoms with Crippen LogP contribution in [0.25, 0.3) is 0 Å². The van der Waals surface area contributed by atoms with Crippen LogP contribution < -0.4 is 5.73 Å². The summed E-state index contributed by atoms with van der Waals surface area (Å²) < 4.78 is 5.17. The molecule has 8 heavy (non-hydrogen) atoms. The molecule has 1 fully saturated rings. The Hall–Kier alpha value is -0.0800. The maximum atomic E-state index is 5.17. The van der Waals surface area contributed by atoms with Gasteiger partial charge >= 0.3 is 0 Å². The predicted molar refractivity (Wildman–Crippen MR) is 31.3 cm³/mol. The molecule has 1 saturated heterocycles. The highest BCUT2D eigenvalue weighted by molar-refractivity contribution is 4.72. The van der Waals surface area contributed by atoms with Crippen molar-refractivity contribution in [2.75, 3.05) is 13.2 Å². The van der Waals surface area contributed by atoms with Crippen molar-refractivity contribution in [2.24, 2.45) is 0 Å². The van der Waals surface area contributed by atoms with Gasteiger partial charge in [0, 0.05) is 12.8 Å². The van der Waals surface area contributed by atoms with E-state index in [1.165, 1.54) is 0 Å². The molecule has 1 heterocycles. The van der Waals surface area contributed by atoms with Gasteiger partial charge in [0.25, 0.3) is 0 Å². The van der Waals surface area contributed by atoms with Crippen molar-refractivity contribution in [1.82, 2.24) is 0 Å². The van der Waals surface area contributed by atoms with Gasteiger partial charge in [0.05, 0.1) is 18.8 Å². The normalized spacial score (nSPS) is 27.8. The lowest BCUT2D eigenvalue weighted by Gasteiger charge is -2.25. The van der Waals surface area contributed by atoms with Crippen molar-refractivity contribution < 1.29 is 10.5 Å². The minimum Gasteiger partial charge on any atom is -0.381 e. The van der Waals surface area contributed by atoms with Gasteiger partial charge < -0.3 is 10.5 Å². The molecule has 0 saturated carbocycles. The van der Waals surface area contributed by atoms with E-state index < -0.39 is 0 Å². The van der Waals surface area contributed by atoms with Gasteiger partial charge in [-0.15, -0.1) is 0 Å². The molecule has 2 heteroatoms. The third-order valence-corrected chi connectivity index (χ3v) is 1.70. The highest BCUT2D eigenvalue weighted by Gasteiger charge is 2.25. The summed E-state index contributed by atoms with van der Waals surface area (Å²) >= 11 is 0. The molecule has 48 valence electrons. The molecule has 0 bridgehead atoms. The number of rotatable bonds is 0. The maximum Gasteiger partial charge on any atom is 0.0961 e. The summed E-state index contributed by atoms with van der Waals surface area (Å²) in [6.07, 6.45) is 2.24. The van der Waals surface area contributed by atoms with E-state index in [0.29, 0.717) is 5.54 Å². The van der Waals surface area contributed by atoms with Crippen LogP contribution in [-0.2, 0) is 4.74 Å². The number of hydrogen-bond acceptors (Lipinski definition) is 1. The van der Waals surface area contributed by atoms with Crippen LogP contribution in [-0.4, -0.2) is 18.8 Å². The fraction of sp³-hybridized carbons (Fsp3) is 1.00. The summed E-state index contributed by atoms with van der Waals surface area (Å²) in [5.74, 6) is 0. The Balaban J connectivity index is 2.33. The van der Waals surface area contributed by atoms with Crippen LogP contribution in [0.4, 0.5) is 0 Å². The standard InChI is InChI=1S/C6H13NO/c1-6(7)2-4-8-5-3-6/h2-5,7H2,1H3/p+1. The molecule has 0 aromatic heterocycles. The molecule has 0 spiro atoms. The second-order valence-corrected chi connectivity index (χ2v) is 2.92. The van der Waals surface area contributed by atoms with Crippen LogP contribution in [0.2, 0.25) is 0 Å². The molecule has 0 aliphatic carbocycles. The Kier molecular flexibility index (Phi) is 1.54. The molecule has 1 aliphatic rings. The Bertz CT molecular complexity index is 72.6. The number of hydrogen-bond donors (Lipinski definition) is 1. The first-order valence-electron chi connectivity index (χ1n) is 3.14. The van der Waals surface area contributed by atoms with Crippen LogP contribution >= 0.6 is 0 Å². The average molecular weight is 116 g/mol. The molecular weight excluding hydrogens is 102 g/mol. The minimum atomic E-state index is 0.304. The van der Waals surface area contributed by atoms with Gasteiger partial charge in [-0.1, -0.05) is 0 Å². The van der Waals surface area contributed by atoms with Crippen molar-refractivity contribution in [3.05, 3.63) is 0 Å². The summed E-state index contributed by atoms with van der Waals surface area (Å²) in [4.78, 5) is 0. The highest BCUT2D eigenvalue weighted by Crippen LogP contribution is 2.13. The molecule has 0 radical (unpaired) electrons. The molecule has 0 atom stereocenters. The zero-order valence-electron chi connectivity index (χ0n) is 5.44. The Morgan fingerprint density at radius 2 is 1.88 bits per heavy atom. The summed E-state index contributed by atoms with van der Waals surface area (Å²) in [5.41, 5.74) is 4.35. The fourth-order valence-electron chi connectivity index (χ4n) is 0.864. The molecule has 0 unspecified atom stereocenters. The zero-order valence-corrected chi connectivity index (χ0v) is 5.44. The van der Waals surface area contributed by atoms with Crippen LogP contribution in [0, 0.1) is 0 Å². The summed E-state index contributed by atoms with van der Waals surface area (Å²) in [6.45, 7) is 4.00. The molecular formula is C6H14NO+. The second-order valence-electron chi connectivity index (χ2n) is 2.92. The SMILES string of the molecule is CC1([NH3+])CCOCC1. The van der Waals surface area contributed by atoms with E-state index in [1.807, 2.05) is 0 Å². The number of quaternary nitrogens is 1. The van der Waals surface area contributed by atoms with E-state index in [9.17, 15) is 0 Å². The van der Waals surface area contributed by atoms with Gasteiger partial charge in [-0.3, -0.25) is 0 Å². The lowest BCUT2D eigenvalue weighted by atomic mass is 9.94. The monoisotopic (exact) mass is 116 g/mol. The molecule has 1 aliphatic heterocycles. The van der Waals surface area contributed by atoms with E-state index in [4.69, 9.17) is 4.74 Å². The first-order chi connectivity index (χ1) is 3.71. The minimum absolute atomic E-state index is 0.304. The topological polar surface area (TPSA) is 36.9 Å². The Morgan fingerprint density at radius 3 is 2.12 bits per heavy atom. The molecule has 0 amide bonds.